The zero-order chi connectivity index (χ0) is 23.3. The molecule has 2 aliphatic rings. The van der Waals surface area contributed by atoms with Gasteiger partial charge in [-0.15, -0.1) is 0 Å². The second-order valence-electron chi connectivity index (χ2n) is 8.57. The standard InChI is InChI=1S/C24H28N2O4S2/c1-17-5-11-22(12-6-17)31(27,28)25-16-24-20(4)26(15-21(24)10-9-19(25)3)32(29,30)23-13-7-18(2)8-14-23/h5-14,16,19-21H,15H2,1-4H3/t19-,20?,21-/m0/s1. The van der Waals surface area contributed by atoms with Crippen molar-refractivity contribution in [2.24, 2.45) is 5.92 Å². The van der Waals surface area contributed by atoms with Gasteiger partial charge in [0.1, 0.15) is 0 Å². The van der Waals surface area contributed by atoms with Crippen molar-refractivity contribution in [2.45, 2.75) is 49.6 Å². The average molecular weight is 473 g/mol. The second-order valence-corrected chi connectivity index (χ2v) is 12.3. The van der Waals surface area contributed by atoms with E-state index >= 15 is 0 Å². The molecule has 1 saturated heterocycles. The molecular weight excluding hydrogens is 444 g/mol. The first-order chi connectivity index (χ1) is 15.0. The minimum absolute atomic E-state index is 0.175. The van der Waals surface area contributed by atoms with E-state index < -0.39 is 26.1 Å². The summed E-state index contributed by atoms with van der Waals surface area (Å²) in [5, 5.41) is 0. The van der Waals surface area contributed by atoms with E-state index in [1.165, 1.54) is 8.61 Å². The van der Waals surface area contributed by atoms with Crippen LogP contribution in [0, 0.1) is 19.8 Å². The van der Waals surface area contributed by atoms with Gasteiger partial charge in [-0.05, 0) is 57.5 Å². The molecule has 0 N–H and O–H groups in total. The van der Waals surface area contributed by atoms with Crippen LogP contribution in [0.25, 0.3) is 0 Å². The van der Waals surface area contributed by atoms with Crippen molar-refractivity contribution in [1.82, 2.24) is 8.61 Å². The van der Waals surface area contributed by atoms with Gasteiger partial charge in [0.2, 0.25) is 10.0 Å². The number of benzene rings is 2. The molecule has 170 valence electrons. The summed E-state index contributed by atoms with van der Waals surface area (Å²) in [4.78, 5) is 0.460. The highest BCUT2D eigenvalue weighted by atomic mass is 32.2. The van der Waals surface area contributed by atoms with Crippen LogP contribution in [0.5, 0.6) is 0 Å². The highest BCUT2D eigenvalue weighted by Gasteiger charge is 2.42. The maximum absolute atomic E-state index is 13.4. The van der Waals surface area contributed by atoms with Crippen molar-refractivity contribution in [2.75, 3.05) is 6.54 Å². The predicted molar refractivity (Wildman–Crippen MR) is 125 cm³/mol. The van der Waals surface area contributed by atoms with Crippen molar-refractivity contribution in [1.29, 1.82) is 0 Å². The summed E-state index contributed by atoms with van der Waals surface area (Å²) in [6.45, 7) is 7.74. The summed E-state index contributed by atoms with van der Waals surface area (Å²) in [7, 11) is -7.49. The van der Waals surface area contributed by atoms with Crippen LogP contribution >= 0.6 is 0 Å². The minimum Gasteiger partial charge on any atom is -0.267 e. The molecule has 2 aromatic rings. The molecular formula is C24H28N2O4S2. The SMILES string of the molecule is Cc1ccc(S(=O)(=O)N2C[C@@H]3C=C[C@H](C)N(S(=O)(=O)c4ccc(C)cc4)C=C3C2C)cc1. The van der Waals surface area contributed by atoms with Crippen LogP contribution in [0.2, 0.25) is 0 Å². The molecule has 1 fully saturated rings. The number of sulfonamides is 2. The van der Waals surface area contributed by atoms with Gasteiger partial charge in [-0.3, -0.25) is 4.31 Å². The van der Waals surface area contributed by atoms with Crippen LogP contribution in [-0.2, 0) is 20.0 Å². The van der Waals surface area contributed by atoms with E-state index in [2.05, 4.69) is 0 Å². The Hall–Kier alpha value is -2.42. The van der Waals surface area contributed by atoms with Crippen molar-refractivity contribution in [3.63, 3.8) is 0 Å². The lowest BCUT2D eigenvalue weighted by atomic mass is 10.00. The Bertz CT molecular complexity index is 1280. The first-order valence-corrected chi connectivity index (χ1v) is 13.5. The lowest BCUT2D eigenvalue weighted by molar-refractivity contribution is 0.413. The Morgan fingerprint density at radius 3 is 1.78 bits per heavy atom. The van der Waals surface area contributed by atoms with Crippen LogP contribution < -0.4 is 0 Å². The first kappa shape index (κ1) is 22.8. The molecule has 0 spiro atoms. The highest BCUT2D eigenvalue weighted by Crippen LogP contribution is 2.37. The minimum atomic E-state index is -3.79. The number of aryl methyl sites for hydroxylation is 2. The predicted octanol–water partition coefficient (Wildman–Crippen LogP) is 3.85. The van der Waals surface area contributed by atoms with Gasteiger partial charge >= 0.3 is 0 Å². The van der Waals surface area contributed by atoms with Gasteiger partial charge < -0.3 is 0 Å². The van der Waals surface area contributed by atoms with Crippen LogP contribution in [-0.4, -0.2) is 44.1 Å². The summed E-state index contributed by atoms with van der Waals surface area (Å²) in [6.07, 6.45) is 5.41. The summed E-state index contributed by atoms with van der Waals surface area (Å²) >= 11 is 0. The maximum Gasteiger partial charge on any atom is 0.264 e. The zero-order valence-corrected chi connectivity index (χ0v) is 20.3. The van der Waals surface area contributed by atoms with Gasteiger partial charge in [-0.25, -0.2) is 16.8 Å². The van der Waals surface area contributed by atoms with Gasteiger partial charge in [0, 0.05) is 24.7 Å². The molecule has 0 aromatic heterocycles. The van der Waals surface area contributed by atoms with Gasteiger partial charge in [0.25, 0.3) is 10.0 Å². The molecule has 0 aliphatic carbocycles. The molecule has 2 aromatic carbocycles. The number of rotatable bonds is 4. The topological polar surface area (TPSA) is 74.8 Å². The molecule has 32 heavy (non-hydrogen) atoms. The fourth-order valence-electron chi connectivity index (χ4n) is 4.23. The number of fused-ring (bicyclic) bond motifs is 1. The number of nitrogens with zero attached hydrogens (tertiary/aromatic N) is 2. The smallest absolute Gasteiger partial charge is 0.264 e. The Morgan fingerprint density at radius 2 is 1.25 bits per heavy atom. The van der Waals surface area contributed by atoms with Crippen molar-refractivity contribution >= 4 is 20.0 Å². The van der Waals surface area contributed by atoms with E-state index in [9.17, 15) is 16.8 Å². The van der Waals surface area contributed by atoms with Crippen molar-refractivity contribution in [3.05, 3.63) is 83.6 Å². The molecule has 0 saturated carbocycles. The molecule has 3 atom stereocenters. The van der Waals surface area contributed by atoms with Crippen molar-refractivity contribution < 1.29 is 16.8 Å². The molecule has 0 bridgehead atoms. The highest BCUT2D eigenvalue weighted by molar-refractivity contribution is 7.89. The van der Waals surface area contributed by atoms with E-state index in [4.69, 9.17) is 0 Å². The number of hydrogen-bond acceptors (Lipinski definition) is 4. The summed E-state index contributed by atoms with van der Waals surface area (Å²) < 4.78 is 56.3. The molecule has 2 aliphatic heterocycles. The van der Waals surface area contributed by atoms with Crippen LogP contribution in [0.4, 0.5) is 0 Å². The Labute approximate surface area is 191 Å². The third kappa shape index (κ3) is 3.91. The molecule has 6 nitrogen and oxygen atoms in total. The van der Waals surface area contributed by atoms with Gasteiger partial charge in [-0.2, -0.15) is 4.31 Å². The van der Waals surface area contributed by atoms with Gasteiger partial charge in [0.05, 0.1) is 15.8 Å². The molecule has 0 radical (unpaired) electrons. The van der Waals surface area contributed by atoms with E-state index in [1.54, 1.807) is 54.7 Å². The third-order valence-electron chi connectivity index (χ3n) is 6.24. The monoisotopic (exact) mass is 472 g/mol. The quantitative estimate of drug-likeness (QED) is 0.634. The first-order valence-electron chi connectivity index (χ1n) is 10.6. The lowest BCUT2D eigenvalue weighted by Crippen LogP contribution is -2.36. The molecule has 1 unspecified atom stereocenters. The molecule has 0 amide bonds. The Balaban J connectivity index is 1.72. The lowest BCUT2D eigenvalue weighted by Gasteiger charge is -2.27. The van der Waals surface area contributed by atoms with E-state index in [-0.39, 0.29) is 28.3 Å². The van der Waals surface area contributed by atoms with E-state index in [1.807, 2.05) is 39.8 Å². The Kier molecular flexibility index (Phi) is 5.81. The number of hydrogen-bond donors (Lipinski definition) is 0. The van der Waals surface area contributed by atoms with Crippen LogP contribution in [0.15, 0.2) is 82.2 Å². The summed E-state index contributed by atoms with van der Waals surface area (Å²) in [5.41, 5.74) is 2.74. The Morgan fingerprint density at radius 1 is 0.750 bits per heavy atom. The second kappa shape index (κ2) is 8.17. The van der Waals surface area contributed by atoms with E-state index in [0.717, 1.165) is 16.7 Å². The summed E-state index contributed by atoms with van der Waals surface area (Å²) in [6, 6.07) is 12.7. The summed E-state index contributed by atoms with van der Waals surface area (Å²) in [5.74, 6) is -0.175. The normalized spacial score (nSPS) is 24.2. The van der Waals surface area contributed by atoms with Gasteiger partial charge in [0.15, 0.2) is 0 Å². The maximum atomic E-state index is 13.4. The van der Waals surface area contributed by atoms with Crippen LogP contribution in [0.3, 0.4) is 0 Å². The van der Waals surface area contributed by atoms with E-state index in [0.29, 0.717) is 0 Å². The molecule has 2 heterocycles. The average Bonchev–Trinajstić information content (AvgIpc) is 2.96. The largest absolute Gasteiger partial charge is 0.267 e. The fourth-order valence-corrected chi connectivity index (χ4v) is 7.36. The molecule has 8 heteroatoms. The fraction of sp³-hybridized carbons (Fsp3) is 0.333. The zero-order valence-electron chi connectivity index (χ0n) is 18.6. The van der Waals surface area contributed by atoms with Crippen LogP contribution in [0.1, 0.15) is 25.0 Å². The van der Waals surface area contributed by atoms with Gasteiger partial charge in [-0.1, -0.05) is 47.5 Å². The van der Waals surface area contributed by atoms with Crippen molar-refractivity contribution in [3.8, 4) is 0 Å². The third-order valence-corrected chi connectivity index (χ3v) is 10.1. The molecule has 4 rings (SSSR count).